The Kier molecular flexibility index (Phi) is 3.33. The Morgan fingerprint density at radius 3 is 2.77 bits per heavy atom. The van der Waals surface area contributed by atoms with Crippen LogP contribution in [0.4, 0.5) is 0 Å². The third-order valence-corrected chi connectivity index (χ3v) is 2.35. The predicted octanol–water partition coefficient (Wildman–Crippen LogP) is 0.731. The highest BCUT2D eigenvalue weighted by molar-refractivity contribution is 7.47. The lowest BCUT2D eigenvalue weighted by molar-refractivity contribution is -0.0523. The van der Waals surface area contributed by atoms with E-state index in [-0.39, 0.29) is 6.61 Å². The third kappa shape index (κ3) is 3.36. The fourth-order valence-corrected chi connectivity index (χ4v) is 1.62. The number of nitrogens with zero attached hydrogens (tertiary/aromatic N) is 2. The van der Waals surface area contributed by atoms with Gasteiger partial charge < -0.3 is 9.79 Å². The van der Waals surface area contributed by atoms with E-state index in [0.29, 0.717) is 6.67 Å². The Labute approximate surface area is 76.9 Å². The molecular weight excluding hydrogens is 195 g/mol. The molecule has 0 aromatic rings. The monoisotopic (exact) mass is 208 g/mol. The van der Waals surface area contributed by atoms with Crippen LogP contribution in [0.1, 0.15) is 6.92 Å². The van der Waals surface area contributed by atoms with Crippen LogP contribution in [0.3, 0.4) is 0 Å². The molecule has 1 unspecified atom stereocenters. The molecule has 6 nitrogen and oxygen atoms in total. The predicted molar refractivity (Wildman–Crippen MR) is 46.1 cm³/mol. The summed E-state index contributed by atoms with van der Waals surface area (Å²) < 4.78 is 20.3. The average molecular weight is 208 g/mol. The normalized spacial score (nSPS) is 20.8. The molecule has 0 saturated heterocycles. The van der Waals surface area contributed by atoms with Crippen LogP contribution < -0.4 is 0 Å². The summed E-state index contributed by atoms with van der Waals surface area (Å²) in [7, 11) is -2.10. The molecule has 0 fully saturated rings. The molecule has 1 aliphatic heterocycles. The Balaban J connectivity index is 2.41. The van der Waals surface area contributed by atoms with Gasteiger partial charge in [0.1, 0.15) is 6.67 Å². The molecule has 1 aliphatic rings. The van der Waals surface area contributed by atoms with Gasteiger partial charge in [0.15, 0.2) is 0 Å². The molecule has 0 saturated carbocycles. The molecule has 0 bridgehead atoms. The molecule has 0 spiro atoms. The summed E-state index contributed by atoms with van der Waals surface area (Å²) in [6, 6.07) is 0. The Morgan fingerprint density at radius 1 is 1.62 bits per heavy atom. The second kappa shape index (κ2) is 4.11. The number of rotatable bonds is 4. The van der Waals surface area contributed by atoms with Crippen LogP contribution >= 0.6 is 7.82 Å². The summed E-state index contributed by atoms with van der Waals surface area (Å²) in [6.07, 6.45) is 3.29. The van der Waals surface area contributed by atoms with Crippen molar-refractivity contribution in [3.63, 3.8) is 0 Å². The van der Waals surface area contributed by atoms with Gasteiger partial charge in [0.25, 0.3) is 0 Å². The van der Waals surface area contributed by atoms with Crippen LogP contribution in [0.25, 0.3) is 0 Å². The van der Waals surface area contributed by atoms with Crippen molar-refractivity contribution in [2.75, 3.05) is 20.3 Å². The highest BCUT2D eigenvalue weighted by Gasteiger charge is 2.25. The van der Waals surface area contributed by atoms with Crippen LogP contribution in [0.5, 0.6) is 0 Å². The van der Waals surface area contributed by atoms with Crippen LogP contribution in [-0.4, -0.2) is 35.2 Å². The molecule has 0 radical (unpaired) electrons. The first-order chi connectivity index (χ1) is 6.03. The fourth-order valence-electron chi connectivity index (χ4n) is 0.875. The van der Waals surface area contributed by atoms with Gasteiger partial charge in [0.2, 0.25) is 0 Å². The van der Waals surface area contributed by atoms with E-state index >= 15 is 0 Å². The summed E-state index contributed by atoms with van der Waals surface area (Å²) in [5.41, 5.74) is 0. The molecule has 7 heteroatoms. The largest absolute Gasteiger partial charge is 0.493 e. The Morgan fingerprint density at radius 2 is 2.31 bits per heavy atom. The first-order valence-corrected chi connectivity index (χ1v) is 5.35. The van der Waals surface area contributed by atoms with E-state index in [4.69, 9.17) is 9.52 Å². The minimum absolute atomic E-state index is 0.140. The summed E-state index contributed by atoms with van der Waals surface area (Å²) in [6.45, 7) is 2.18. The summed E-state index contributed by atoms with van der Waals surface area (Å²) in [4.78, 5) is 10.9. The zero-order valence-corrected chi connectivity index (χ0v) is 8.48. The van der Waals surface area contributed by atoms with Crippen LogP contribution in [0.15, 0.2) is 12.4 Å². The number of hydrogen-bond acceptors (Lipinski definition) is 5. The van der Waals surface area contributed by atoms with Gasteiger partial charge in [-0.1, -0.05) is 0 Å². The second-order valence-electron chi connectivity index (χ2n) is 2.58. The van der Waals surface area contributed by atoms with Gasteiger partial charge in [-0.2, -0.15) is 4.62 Å². The molecule has 0 aromatic carbocycles. The number of phosphoric ester groups is 1. The minimum atomic E-state index is -3.92. The maximum Gasteiger partial charge on any atom is 0.493 e. The maximum atomic E-state index is 11.1. The van der Waals surface area contributed by atoms with E-state index in [1.54, 1.807) is 24.2 Å². The van der Waals surface area contributed by atoms with Gasteiger partial charge in [-0.05, 0) is 6.92 Å². The van der Waals surface area contributed by atoms with Crippen molar-refractivity contribution in [3.8, 4) is 0 Å². The fraction of sp³-hybridized carbons (Fsp3) is 0.667. The van der Waals surface area contributed by atoms with E-state index in [1.807, 2.05) is 7.05 Å². The number of hydroxylamine groups is 2. The Hall–Kier alpha value is -0.550. The molecule has 1 N–H and O–H groups in total. The van der Waals surface area contributed by atoms with Crippen molar-refractivity contribution < 1.29 is 18.6 Å². The van der Waals surface area contributed by atoms with E-state index < -0.39 is 7.82 Å². The molecular formula is C6H13N2O4P. The van der Waals surface area contributed by atoms with E-state index in [9.17, 15) is 4.57 Å². The summed E-state index contributed by atoms with van der Waals surface area (Å²) >= 11 is 0. The standard InChI is InChI=1S/C6H13N2O4P/c1-3-11-13(9,10)12-8-5-4-7(2)6-8/h4-5H,3,6H2,1-2H3,(H,9,10). The smallest absolute Gasteiger partial charge is 0.360 e. The van der Waals surface area contributed by atoms with Gasteiger partial charge in [-0.3, -0.25) is 4.52 Å². The van der Waals surface area contributed by atoms with Crippen molar-refractivity contribution in [3.05, 3.63) is 12.4 Å². The number of hydrogen-bond donors (Lipinski definition) is 1. The SMILES string of the molecule is CCOP(=O)(O)ON1C=CN(C)C1. The highest BCUT2D eigenvalue weighted by Crippen LogP contribution is 2.44. The first kappa shape index (κ1) is 10.5. The van der Waals surface area contributed by atoms with Crippen molar-refractivity contribution >= 4 is 7.82 Å². The summed E-state index contributed by atoms with van der Waals surface area (Å²) in [5, 5.41) is 1.25. The van der Waals surface area contributed by atoms with Gasteiger partial charge in [-0.25, -0.2) is 9.63 Å². The lowest BCUT2D eigenvalue weighted by atomic mass is 10.9. The summed E-state index contributed by atoms with van der Waals surface area (Å²) in [5.74, 6) is 0. The maximum absolute atomic E-state index is 11.1. The van der Waals surface area contributed by atoms with Gasteiger partial charge in [0.05, 0.1) is 6.61 Å². The zero-order chi connectivity index (χ0) is 9.90. The van der Waals surface area contributed by atoms with Gasteiger partial charge in [-0.15, -0.1) is 0 Å². The van der Waals surface area contributed by atoms with E-state index in [0.717, 1.165) is 0 Å². The van der Waals surface area contributed by atoms with Crippen molar-refractivity contribution in [2.45, 2.75) is 6.92 Å². The van der Waals surface area contributed by atoms with Crippen molar-refractivity contribution in [2.24, 2.45) is 0 Å². The van der Waals surface area contributed by atoms with E-state index in [1.165, 1.54) is 5.06 Å². The molecule has 1 rings (SSSR count). The molecule has 0 amide bonds. The quantitative estimate of drug-likeness (QED) is 0.687. The average Bonchev–Trinajstić information content (AvgIpc) is 2.34. The molecule has 76 valence electrons. The van der Waals surface area contributed by atoms with Crippen LogP contribution in [-0.2, 0) is 13.7 Å². The Bertz CT molecular complexity index is 245. The van der Waals surface area contributed by atoms with Crippen molar-refractivity contribution in [1.29, 1.82) is 0 Å². The van der Waals surface area contributed by atoms with Crippen LogP contribution in [0.2, 0.25) is 0 Å². The molecule has 1 heterocycles. The van der Waals surface area contributed by atoms with Crippen molar-refractivity contribution in [1.82, 2.24) is 9.96 Å². The zero-order valence-electron chi connectivity index (χ0n) is 7.58. The minimum Gasteiger partial charge on any atom is -0.360 e. The van der Waals surface area contributed by atoms with E-state index in [2.05, 4.69) is 4.52 Å². The molecule has 0 aromatic heterocycles. The van der Waals surface area contributed by atoms with Crippen LogP contribution in [0, 0.1) is 0 Å². The van der Waals surface area contributed by atoms with Gasteiger partial charge >= 0.3 is 7.82 Å². The lowest BCUT2D eigenvalue weighted by Crippen LogP contribution is -2.22. The topological polar surface area (TPSA) is 62.2 Å². The second-order valence-corrected chi connectivity index (χ2v) is 3.94. The molecule has 13 heavy (non-hydrogen) atoms. The highest BCUT2D eigenvalue weighted by atomic mass is 31.2. The lowest BCUT2D eigenvalue weighted by Gasteiger charge is -2.19. The molecule has 1 atom stereocenters. The third-order valence-electron chi connectivity index (χ3n) is 1.35. The number of phosphoric acid groups is 1. The molecule has 0 aliphatic carbocycles. The first-order valence-electron chi connectivity index (χ1n) is 3.86. The van der Waals surface area contributed by atoms with Gasteiger partial charge in [0, 0.05) is 19.4 Å².